The van der Waals surface area contributed by atoms with Crippen LogP contribution in [0.1, 0.15) is 25.5 Å². The molecule has 0 amide bonds. The van der Waals surface area contributed by atoms with Crippen LogP contribution >= 0.6 is 0 Å². The average Bonchev–Trinajstić information content (AvgIpc) is 3.17. The van der Waals surface area contributed by atoms with Crippen LogP contribution in [0.15, 0.2) is 79.5 Å². The summed E-state index contributed by atoms with van der Waals surface area (Å²) in [6.07, 6.45) is 9.34. The largest absolute Gasteiger partial charge is 0.378 e. The summed E-state index contributed by atoms with van der Waals surface area (Å²) in [6, 6.07) is 17.2. The van der Waals surface area contributed by atoms with Crippen molar-refractivity contribution < 1.29 is 0 Å². The maximum Gasteiger partial charge on any atom is 0.0966 e. The fourth-order valence-electron chi connectivity index (χ4n) is 4.18. The van der Waals surface area contributed by atoms with Crippen LogP contribution in [0.3, 0.4) is 0 Å². The maximum absolute atomic E-state index is 4.65. The van der Waals surface area contributed by atoms with Crippen molar-refractivity contribution in [3.05, 3.63) is 85.1 Å². The average molecular weight is 408 g/mol. The molecule has 1 atom stereocenters. The molecule has 0 saturated carbocycles. The first-order valence-electron chi connectivity index (χ1n) is 10.6. The van der Waals surface area contributed by atoms with E-state index in [-0.39, 0.29) is 6.04 Å². The van der Waals surface area contributed by atoms with Crippen molar-refractivity contribution in [3.63, 3.8) is 0 Å². The molecule has 0 spiro atoms. The normalized spacial score (nSPS) is 12.5. The zero-order valence-corrected chi connectivity index (χ0v) is 17.9. The highest BCUT2D eigenvalue weighted by molar-refractivity contribution is 5.97. The summed E-state index contributed by atoms with van der Waals surface area (Å²) in [5, 5.41) is 4.96. The first kappa shape index (κ1) is 19.2. The van der Waals surface area contributed by atoms with Crippen LogP contribution in [-0.2, 0) is 7.05 Å². The minimum Gasteiger partial charge on any atom is -0.378 e. The second-order valence-corrected chi connectivity index (χ2v) is 8.30. The quantitative estimate of drug-likeness (QED) is 0.389. The fraction of sp³-hybridized carbons (Fsp3) is 0.192. The summed E-state index contributed by atoms with van der Waals surface area (Å²) >= 11 is 0. The number of aromatic nitrogens is 4. The molecule has 3 heterocycles. The molecule has 1 N–H and O–H groups in total. The molecule has 154 valence electrons. The van der Waals surface area contributed by atoms with E-state index in [4.69, 9.17) is 0 Å². The highest BCUT2D eigenvalue weighted by Crippen LogP contribution is 2.34. The molecule has 3 aromatic heterocycles. The van der Waals surface area contributed by atoms with Gasteiger partial charge in [0.05, 0.1) is 17.1 Å². The van der Waals surface area contributed by atoms with E-state index in [2.05, 4.69) is 94.4 Å². The van der Waals surface area contributed by atoms with Gasteiger partial charge < -0.3 is 9.88 Å². The summed E-state index contributed by atoms with van der Waals surface area (Å²) in [7, 11) is 2.07. The number of hydrogen-bond acceptors (Lipinski definition) is 4. The van der Waals surface area contributed by atoms with E-state index in [1.807, 2.05) is 18.5 Å². The monoisotopic (exact) mass is 407 g/mol. The number of fused-ring (bicyclic) bond motifs is 2. The number of benzene rings is 2. The fourth-order valence-corrected chi connectivity index (χ4v) is 4.18. The zero-order valence-electron chi connectivity index (χ0n) is 17.9. The molecule has 0 aliphatic carbocycles. The number of nitrogens with one attached hydrogen (secondary N) is 1. The highest BCUT2D eigenvalue weighted by atomic mass is 14.9. The Balaban J connectivity index is 1.64. The summed E-state index contributed by atoms with van der Waals surface area (Å²) in [4.78, 5) is 13.6. The van der Waals surface area contributed by atoms with E-state index < -0.39 is 0 Å². The Kier molecular flexibility index (Phi) is 4.86. The lowest BCUT2D eigenvalue weighted by molar-refractivity contribution is 0.545. The standard InChI is InChI=1S/C26H25N5/c1-17(2)25(20-5-4-9-27-16-20)30-21-14-22(26-23(15-21)28-10-11-29-26)19-7-6-18-8-12-31(3)24(18)13-19/h4-17,25,30H,1-3H3/t25-/m1/s1. The van der Waals surface area contributed by atoms with Crippen molar-refractivity contribution in [2.45, 2.75) is 19.9 Å². The van der Waals surface area contributed by atoms with E-state index in [0.29, 0.717) is 5.92 Å². The molecule has 0 saturated heterocycles. The lowest BCUT2D eigenvalue weighted by Gasteiger charge is -2.24. The molecule has 31 heavy (non-hydrogen) atoms. The second-order valence-electron chi connectivity index (χ2n) is 8.30. The molecule has 5 aromatic rings. The van der Waals surface area contributed by atoms with E-state index in [9.17, 15) is 0 Å². The summed E-state index contributed by atoms with van der Waals surface area (Å²) in [5.74, 6) is 0.393. The van der Waals surface area contributed by atoms with Gasteiger partial charge in [0.25, 0.3) is 0 Å². The van der Waals surface area contributed by atoms with Gasteiger partial charge in [-0.2, -0.15) is 0 Å². The lowest BCUT2D eigenvalue weighted by Crippen LogP contribution is -2.17. The smallest absolute Gasteiger partial charge is 0.0966 e. The van der Waals surface area contributed by atoms with Crippen molar-refractivity contribution in [2.75, 3.05) is 5.32 Å². The molecule has 5 rings (SSSR count). The summed E-state index contributed by atoms with van der Waals surface area (Å²) in [6.45, 7) is 4.44. The number of nitrogens with zero attached hydrogens (tertiary/aromatic N) is 4. The van der Waals surface area contributed by atoms with Gasteiger partial charge in [-0.15, -0.1) is 0 Å². The van der Waals surface area contributed by atoms with Crippen LogP contribution in [0.5, 0.6) is 0 Å². The predicted molar refractivity (Wildman–Crippen MR) is 127 cm³/mol. The first-order valence-corrected chi connectivity index (χ1v) is 10.6. The Hall–Kier alpha value is -3.73. The molecule has 2 aromatic carbocycles. The van der Waals surface area contributed by atoms with Gasteiger partial charge in [0.1, 0.15) is 0 Å². The Morgan fingerprint density at radius 3 is 2.61 bits per heavy atom. The van der Waals surface area contributed by atoms with Gasteiger partial charge in [-0.1, -0.05) is 32.0 Å². The number of anilines is 1. The second kappa shape index (κ2) is 7.84. The van der Waals surface area contributed by atoms with Crippen LogP contribution in [0.25, 0.3) is 33.1 Å². The first-order chi connectivity index (χ1) is 15.1. The summed E-state index contributed by atoms with van der Waals surface area (Å²) in [5.41, 5.74) is 7.38. The van der Waals surface area contributed by atoms with Gasteiger partial charge in [-0.3, -0.25) is 15.0 Å². The molecule has 0 aliphatic rings. The van der Waals surface area contributed by atoms with Crippen LogP contribution in [0.4, 0.5) is 5.69 Å². The van der Waals surface area contributed by atoms with Gasteiger partial charge >= 0.3 is 0 Å². The van der Waals surface area contributed by atoms with Crippen LogP contribution in [-0.4, -0.2) is 19.5 Å². The number of hydrogen-bond donors (Lipinski definition) is 1. The number of aryl methyl sites for hydroxylation is 1. The van der Waals surface area contributed by atoms with Crippen molar-refractivity contribution in [1.29, 1.82) is 0 Å². The third-order valence-electron chi connectivity index (χ3n) is 5.81. The molecule has 5 heteroatoms. The van der Waals surface area contributed by atoms with Crippen molar-refractivity contribution >= 4 is 27.6 Å². The molecule has 0 unspecified atom stereocenters. The van der Waals surface area contributed by atoms with Gasteiger partial charge in [-0.05, 0) is 52.8 Å². The van der Waals surface area contributed by atoms with Gasteiger partial charge in [0, 0.05) is 54.8 Å². The highest BCUT2D eigenvalue weighted by Gasteiger charge is 2.18. The Labute approximate surface area is 181 Å². The Bertz CT molecular complexity index is 1350. The molecule has 0 aliphatic heterocycles. The minimum atomic E-state index is 0.144. The summed E-state index contributed by atoms with van der Waals surface area (Å²) < 4.78 is 2.14. The van der Waals surface area contributed by atoms with Crippen molar-refractivity contribution in [2.24, 2.45) is 13.0 Å². The van der Waals surface area contributed by atoms with Crippen molar-refractivity contribution in [3.8, 4) is 11.1 Å². The SMILES string of the molecule is CC(C)[C@@H](Nc1cc(-c2ccc3ccn(C)c3c2)c2nccnc2c1)c1cccnc1. The molecule has 0 fully saturated rings. The third-order valence-corrected chi connectivity index (χ3v) is 5.81. The predicted octanol–water partition coefficient (Wildman–Crippen LogP) is 5.99. The van der Waals surface area contributed by atoms with Gasteiger partial charge in [0.2, 0.25) is 0 Å². The van der Waals surface area contributed by atoms with Crippen LogP contribution in [0, 0.1) is 5.92 Å². The van der Waals surface area contributed by atoms with Crippen LogP contribution < -0.4 is 5.32 Å². The molecular weight excluding hydrogens is 382 g/mol. The van der Waals surface area contributed by atoms with Crippen LogP contribution in [0.2, 0.25) is 0 Å². The maximum atomic E-state index is 4.65. The molecule has 0 radical (unpaired) electrons. The van der Waals surface area contributed by atoms with E-state index in [0.717, 1.165) is 27.8 Å². The van der Waals surface area contributed by atoms with E-state index in [1.54, 1.807) is 12.4 Å². The zero-order chi connectivity index (χ0) is 21.4. The van der Waals surface area contributed by atoms with E-state index in [1.165, 1.54) is 16.5 Å². The molecule has 0 bridgehead atoms. The lowest BCUT2D eigenvalue weighted by atomic mass is 9.96. The van der Waals surface area contributed by atoms with Crippen molar-refractivity contribution in [1.82, 2.24) is 19.5 Å². The van der Waals surface area contributed by atoms with Gasteiger partial charge in [-0.25, -0.2) is 0 Å². The topological polar surface area (TPSA) is 55.6 Å². The third kappa shape index (κ3) is 3.63. The molecular formula is C26H25N5. The minimum absolute atomic E-state index is 0.144. The van der Waals surface area contributed by atoms with Gasteiger partial charge in [0.15, 0.2) is 0 Å². The Morgan fingerprint density at radius 2 is 1.81 bits per heavy atom. The Morgan fingerprint density at radius 1 is 0.935 bits per heavy atom. The number of pyridine rings is 1. The van der Waals surface area contributed by atoms with E-state index >= 15 is 0 Å². The molecule has 5 nitrogen and oxygen atoms in total. The number of rotatable bonds is 5.